The Labute approximate surface area is 101 Å². The summed E-state index contributed by atoms with van der Waals surface area (Å²) in [7, 11) is 0. The second-order valence-electron chi connectivity index (χ2n) is 3.71. The number of aromatic nitrogens is 2. The fourth-order valence-electron chi connectivity index (χ4n) is 1.63. The average molecular weight is 256 g/mol. The molecule has 0 spiro atoms. The Hall–Kier alpha value is -1.70. The van der Waals surface area contributed by atoms with Crippen LogP contribution in [0.3, 0.4) is 0 Å². The molecule has 2 rings (SSSR count). The van der Waals surface area contributed by atoms with Crippen molar-refractivity contribution in [2.45, 2.75) is 31.8 Å². The molecule has 92 valence electrons. The Morgan fingerprint density at radius 3 is 2.76 bits per heavy atom. The molecule has 0 unspecified atom stereocenters. The van der Waals surface area contributed by atoms with Crippen molar-refractivity contribution in [3.8, 4) is 0 Å². The lowest BCUT2D eigenvalue weighted by Crippen LogP contribution is -2.18. The molecule has 1 aromatic rings. The predicted molar refractivity (Wildman–Crippen MR) is 61.8 cm³/mol. The van der Waals surface area contributed by atoms with Crippen molar-refractivity contribution in [1.82, 2.24) is 9.36 Å². The number of nitrogens with two attached hydrogens (primary N) is 1. The summed E-state index contributed by atoms with van der Waals surface area (Å²) >= 11 is 0.925. The number of carboxylic acids is 1. The molecule has 1 saturated carbocycles. The highest BCUT2D eigenvalue weighted by Crippen LogP contribution is 2.21. The van der Waals surface area contributed by atoms with Crippen LogP contribution in [0, 0.1) is 0 Å². The van der Waals surface area contributed by atoms with Crippen LogP contribution in [-0.2, 0) is 9.63 Å². The molecule has 1 fully saturated rings. The molecular formula is C9H12N4O3S. The van der Waals surface area contributed by atoms with Gasteiger partial charge >= 0.3 is 5.97 Å². The molecule has 0 aromatic carbocycles. The molecule has 0 radical (unpaired) electrons. The van der Waals surface area contributed by atoms with Gasteiger partial charge in [-0.15, -0.1) is 0 Å². The van der Waals surface area contributed by atoms with Crippen LogP contribution < -0.4 is 5.73 Å². The van der Waals surface area contributed by atoms with E-state index in [-0.39, 0.29) is 22.8 Å². The molecule has 0 saturated heterocycles. The quantitative estimate of drug-likeness (QED) is 0.610. The Balaban J connectivity index is 2.11. The highest BCUT2D eigenvalue weighted by atomic mass is 32.1. The minimum atomic E-state index is -1.22. The first-order valence-electron chi connectivity index (χ1n) is 5.23. The third kappa shape index (κ3) is 2.90. The van der Waals surface area contributed by atoms with Crippen molar-refractivity contribution < 1.29 is 14.7 Å². The molecule has 17 heavy (non-hydrogen) atoms. The summed E-state index contributed by atoms with van der Waals surface area (Å²) in [6.45, 7) is 0. The Morgan fingerprint density at radius 2 is 2.24 bits per heavy atom. The van der Waals surface area contributed by atoms with E-state index in [0.29, 0.717) is 0 Å². The Kier molecular flexibility index (Phi) is 3.52. The molecule has 0 aliphatic heterocycles. The molecule has 1 aliphatic rings. The van der Waals surface area contributed by atoms with E-state index in [1.807, 2.05) is 0 Å². The van der Waals surface area contributed by atoms with Crippen LogP contribution in [0.2, 0.25) is 0 Å². The number of carbonyl (C=O) groups is 1. The van der Waals surface area contributed by atoms with E-state index in [1.54, 1.807) is 0 Å². The second kappa shape index (κ2) is 5.09. The maximum atomic E-state index is 11.0. The lowest BCUT2D eigenvalue weighted by Gasteiger charge is -2.06. The molecule has 1 aromatic heterocycles. The SMILES string of the molecule is Nc1nc(/C(=N\OC2CCCC2)C(=O)O)ns1. The molecule has 7 nitrogen and oxygen atoms in total. The zero-order valence-electron chi connectivity index (χ0n) is 9.00. The second-order valence-corrected chi connectivity index (χ2v) is 4.50. The van der Waals surface area contributed by atoms with Crippen LogP contribution in [-0.4, -0.2) is 32.2 Å². The summed E-state index contributed by atoms with van der Waals surface area (Å²) in [5, 5.41) is 12.8. The third-order valence-corrected chi connectivity index (χ3v) is 2.99. The van der Waals surface area contributed by atoms with Crippen LogP contribution in [0.15, 0.2) is 5.16 Å². The molecule has 0 atom stereocenters. The number of aliphatic carboxylic acids is 1. The molecule has 1 aliphatic carbocycles. The van der Waals surface area contributed by atoms with E-state index in [9.17, 15) is 4.79 Å². The van der Waals surface area contributed by atoms with Gasteiger partial charge < -0.3 is 15.7 Å². The van der Waals surface area contributed by atoms with Crippen molar-refractivity contribution in [3.63, 3.8) is 0 Å². The first-order chi connectivity index (χ1) is 8.16. The molecule has 0 amide bonds. The zero-order chi connectivity index (χ0) is 12.3. The minimum absolute atomic E-state index is 0.000308. The summed E-state index contributed by atoms with van der Waals surface area (Å²) in [4.78, 5) is 19.9. The van der Waals surface area contributed by atoms with E-state index in [2.05, 4.69) is 14.5 Å². The van der Waals surface area contributed by atoms with Gasteiger partial charge in [-0.2, -0.15) is 9.36 Å². The summed E-state index contributed by atoms with van der Waals surface area (Å²) < 4.78 is 3.80. The van der Waals surface area contributed by atoms with Crippen molar-refractivity contribution >= 4 is 28.3 Å². The molecule has 8 heteroatoms. The fourth-order valence-corrected chi connectivity index (χ4v) is 2.06. The van der Waals surface area contributed by atoms with Crippen molar-refractivity contribution in [1.29, 1.82) is 0 Å². The van der Waals surface area contributed by atoms with Crippen molar-refractivity contribution in [2.24, 2.45) is 5.16 Å². The van der Waals surface area contributed by atoms with Gasteiger partial charge in [0, 0.05) is 11.5 Å². The lowest BCUT2D eigenvalue weighted by molar-refractivity contribution is -0.129. The van der Waals surface area contributed by atoms with Crippen molar-refractivity contribution in [3.05, 3.63) is 5.82 Å². The van der Waals surface area contributed by atoms with Gasteiger partial charge in [-0.3, -0.25) is 0 Å². The Bertz CT molecular complexity index is 439. The number of carboxylic acid groups (broad SMARTS) is 1. The number of hydrogen-bond acceptors (Lipinski definition) is 7. The summed E-state index contributed by atoms with van der Waals surface area (Å²) in [5.74, 6) is -1.22. The fraction of sp³-hybridized carbons (Fsp3) is 0.556. The van der Waals surface area contributed by atoms with Gasteiger partial charge in [0.1, 0.15) is 6.10 Å². The minimum Gasteiger partial charge on any atom is -0.476 e. The number of oxime groups is 1. The van der Waals surface area contributed by atoms with Crippen LogP contribution in [0.1, 0.15) is 31.5 Å². The monoisotopic (exact) mass is 256 g/mol. The number of hydrogen-bond donors (Lipinski definition) is 2. The van der Waals surface area contributed by atoms with E-state index >= 15 is 0 Å². The lowest BCUT2D eigenvalue weighted by atomic mass is 10.3. The molecular weight excluding hydrogens is 244 g/mol. The zero-order valence-corrected chi connectivity index (χ0v) is 9.81. The van der Waals surface area contributed by atoms with Gasteiger partial charge in [0.2, 0.25) is 11.5 Å². The first kappa shape index (κ1) is 11.8. The van der Waals surface area contributed by atoms with Crippen LogP contribution in [0.5, 0.6) is 0 Å². The van der Waals surface area contributed by atoms with Gasteiger partial charge in [-0.1, -0.05) is 5.16 Å². The van der Waals surface area contributed by atoms with Crippen LogP contribution in [0.4, 0.5) is 5.13 Å². The average Bonchev–Trinajstić information content (AvgIpc) is 2.90. The largest absolute Gasteiger partial charge is 0.476 e. The van der Waals surface area contributed by atoms with Gasteiger partial charge in [-0.25, -0.2) is 4.79 Å². The third-order valence-electron chi connectivity index (χ3n) is 2.45. The van der Waals surface area contributed by atoms with Crippen molar-refractivity contribution in [2.75, 3.05) is 5.73 Å². The van der Waals surface area contributed by atoms with Gasteiger partial charge in [0.15, 0.2) is 5.13 Å². The summed E-state index contributed by atoms with van der Waals surface area (Å²) in [6, 6.07) is 0. The van der Waals surface area contributed by atoms with Gasteiger partial charge in [-0.05, 0) is 25.7 Å². The normalized spacial score (nSPS) is 17.3. The molecule has 0 bridgehead atoms. The van der Waals surface area contributed by atoms with E-state index < -0.39 is 5.97 Å². The summed E-state index contributed by atoms with van der Waals surface area (Å²) in [5.41, 5.74) is 5.09. The maximum Gasteiger partial charge on any atom is 0.362 e. The van der Waals surface area contributed by atoms with Crippen LogP contribution >= 0.6 is 11.5 Å². The standard InChI is InChI=1S/C9H12N4O3S/c10-9-11-7(13-17-9)6(8(14)15)12-16-5-3-1-2-4-5/h5H,1-4H2,(H,14,15)(H2,10,11,13)/b12-6+. The smallest absolute Gasteiger partial charge is 0.362 e. The van der Waals surface area contributed by atoms with Gasteiger partial charge in [0.25, 0.3) is 0 Å². The Morgan fingerprint density at radius 1 is 1.53 bits per heavy atom. The maximum absolute atomic E-state index is 11.0. The number of nitrogen functional groups attached to an aromatic ring is 1. The number of anilines is 1. The van der Waals surface area contributed by atoms with Gasteiger partial charge in [0.05, 0.1) is 0 Å². The first-order valence-corrected chi connectivity index (χ1v) is 6.01. The molecule has 1 heterocycles. The summed E-state index contributed by atoms with van der Waals surface area (Å²) in [6.07, 6.45) is 3.99. The highest BCUT2D eigenvalue weighted by molar-refractivity contribution is 7.09. The highest BCUT2D eigenvalue weighted by Gasteiger charge is 2.21. The number of nitrogens with zero attached hydrogens (tertiary/aromatic N) is 3. The predicted octanol–water partition coefficient (Wildman–Crippen LogP) is 0.868. The van der Waals surface area contributed by atoms with Crippen LogP contribution in [0.25, 0.3) is 0 Å². The van der Waals surface area contributed by atoms with E-state index in [1.165, 1.54) is 0 Å². The topological polar surface area (TPSA) is 111 Å². The number of rotatable bonds is 4. The van der Waals surface area contributed by atoms with E-state index in [4.69, 9.17) is 15.7 Å². The molecule has 3 N–H and O–H groups in total. The van der Waals surface area contributed by atoms with E-state index in [0.717, 1.165) is 37.2 Å².